The van der Waals surface area contributed by atoms with E-state index < -0.39 is 0 Å². The first-order valence-corrected chi connectivity index (χ1v) is 8.04. The molecule has 0 saturated carbocycles. The summed E-state index contributed by atoms with van der Waals surface area (Å²) in [4.78, 5) is 0. The Kier molecular flexibility index (Phi) is 6.75. The molecular formula is C19H25NO4. The number of hydrogen-bond donors (Lipinski definition) is 2. The van der Waals surface area contributed by atoms with Crippen LogP contribution >= 0.6 is 0 Å². The molecule has 0 amide bonds. The van der Waals surface area contributed by atoms with Crippen molar-refractivity contribution < 1.29 is 19.3 Å². The van der Waals surface area contributed by atoms with Gasteiger partial charge in [-0.15, -0.1) is 0 Å². The average molecular weight is 331 g/mol. The van der Waals surface area contributed by atoms with E-state index in [1.54, 1.807) is 20.3 Å². The van der Waals surface area contributed by atoms with Gasteiger partial charge in [0.2, 0.25) is 0 Å². The van der Waals surface area contributed by atoms with Crippen LogP contribution in [0.25, 0.3) is 0 Å². The molecule has 0 atom stereocenters. The maximum atomic E-state index is 9.71. The standard InChI is InChI=1S/C19H25NO4/c1-4-24-18-12-15(5-7-16(18)21)13-20-10-9-14-6-8-17(22-2)19(11-14)23-3/h5-8,11-12,20-21H,4,9-10,13H2,1-3H3. The molecule has 0 aliphatic carbocycles. The van der Waals surface area contributed by atoms with Crippen LogP contribution in [-0.4, -0.2) is 32.5 Å². The Balaban J connectivity index is 1.86. The van der Waals surface area contributed by atoms with Crippen LogP contribution in [0.5, 0.6) is 23.0 Å². The molecule has 0 heterocycles. The summed E-state index contributed by atoms with van der Waals surface area (Å²) in [7, 11) is 3.27. The number of rotatable bonds is 9. The van der Waals surface area contributed by atoms with Crippen molar-refractivity contribution in [2.75, 3.05) is 27.4 Å². The van der Waals surface area contributed by atoms with Gasteiger partial charge in [0.15, 0.2) is 23.0 Å². The van der Waals surface area contributed by atoms with Crippen LogP contribution in [0.4, 0.5) is 0 Å². The van der Waals surface area contributed by atoms with Crippen LogP contribution in [0.3, 0.4) is 0 Å². The molecule has 2 aromatic rings. The first-order valence-electron chi connectivity index (χ1n) is 8.04. The predicted molar refractivity (Wildman–Crippen MR) is 94.2 cm³/mol. The molecule has 0 aliphatic rings. The van der Waals surface area contributed by atoms with Crippen LogP contribution in [0.2, 0.25) is 0 Å². The second-order valence-corrected chi connectivity index (χ2v) is 5.35. The summed E-state index contributed by atoms with van der Waals surface area (Å²) in [5.41, 5.74) is 2.25. The van der Waals surface area contributed by atoms with Crippen molar-refractivity contribution in [3.05, 3.63) is 47.5 Å². The second-order valence-electron chi connectivity index (χ2n) is 5.35. The van der Waals surface area contributed by atoms with Gasteiger partial charge in [-0.1, -0.05) is 12.1 Å². The third kappa shape index (κ3) is 4.80. The molecule has 130 valence electrons. The van der Waals surface area contributed by atoms with Gasteiger partial charge in [-0.2, -0.15) is 0 Å². The highest BCUT2D eigenvalue weighted by molar-refractivity contribution is 5.43. The maximum Gasteiger partial charge on any atom is 0.161 e. The van der Waals surface area contributed by atoms with Gasteiger partial charge in [-0.05, 0) is 55.3 Å². The van der Waals surface area contributed by atoms with Gasteiger partial charge in [0, 0.05) is 6.54 Å². The first-order chi connectivity index (χ1) is 11.7. The van der Waals surface area contributed by atoms with Crippen molar-refractivity contribution in [1.82, 2.24) is 5.32 Å². The fourth-order valence-corrected chi connectivity index (χ4v) is 2.44. The normalized spacial score (nSPS) is 10.5. The Bertz CT molecular complexity index is 658. The summed E-state index contributed by atoms with van der Waals surface area (Å²) in [6.45, 7) is 3.98. The summed E-state index contributed by atoms with van der Waals surface area (Å²) >= 11 is 0. The van der Waals surface area contributed by atoms with Gasteiger partial charge < -0.3 is 24.6 Å². The van der Waals surface area contributed by atoms with Gasteiger partial charge in [0.1, 0.15) is 0 Å². The van der Waals surface area contributed by atoms with Crippen LogP contribution in [0, 0.1) is 0 Å². The number of methoxy groups -OCH3 is 2. The van der Waals surface area contributed by atoms with Crippen molar-refractivity contribution in [2.45, 2.75) is 19.9 Å². The Morgan fingerprint density at radius 2 is 1.62 bits per heavy atom. The largest absolute Gasteiger partial charge is 0.504 e. The highest BCUT2D eigenvalue weighted by Crippen LogP contribution is 2.28. The third-order valence-corrected chi connectivity index (χ3v) is 3.69. The van der Waals surface area contributed by atoms with Gasteiger partial charge in [0.05, 0.1) is 20.8 Å². The SMILES string of the molecule is CCOc1cc(CNCCc2ccc(OC)c(OC)c2)ccc1O. The van der Waals surface area contributed by atoms with E-state index in [4.69, 9.17) is 14.2 Å². The fraction of sp³-hybridized carbons (Fsp3) is 0.368. The molecule has 0 fully saturated rings. The molecule has 2 N–H and O–H groups in total. The van der Waals surface area contributed by atoms with E-state index in [1.807, 2.05) is 37.3 Å². The molecule has 0 radical (unpaired) electrons. The monoisotopic (exact) mass is 331 g/mol. The van der Waals surface area contributed by atoms with E-state index >= 15 is 0 Å². The zero-order valence-electron chi connectivity index (χ0n) is 14.5. The fourth-order valence-electron chi connectivity index (χ4n) is 2.44. The van der Waals surface area contributed by atoms with Gasteiger partial charge in [0.25, 0.3) is 0 Å². The van der Waals surface area contributed by atoms with E-state index in [2.05, 4.69) is 5.32 Å². The molecule has 0 aromatic heterocycles. The maximum absolute atomic E-state index is 9.71. The number of phenols is 1. The zero-order valence-corrected chi connectivity index (χ0v) is 14.5. The molecule has 0 spiro atoms. The third-order valence-electron chi connectivity index (χ3n) is 3.69. The summed E-state index contributed by atoms with van der Waals surface area (Å²) in [6.07, 6.45) is 0.886. The van der Waals surface area contributed by atoms with E-state index in [0.29, 0.717) is 18.9 Å². The van der Waals surface area contributed by atoms with Gasteiger partial charge >= 0.3 is 0 Å². The smallest absolute Gasteiger partial charge is 0.161 e. The molecule has 0 bridgehead atoms. The molecule has 24 heavy (non-hydrogen) atoms. The molecule has 5 heteroatoms. The minimum absolute atomic E-state index is 0.172. The van der Waals surface area contributed by atoms with Crippen LogP contribution in [0.1, 0.15) is 18.1 Å². The lowest BCUT2D eigenvalue weighted by atomic mass is 10.1. The average Bonchev–Trinajstić information content (AvgIpc) is 2.61. The first kappa shape index (κ1) is 17.9. The molecule has 2 rings (SSSR count). The van der Waals surface area contributed by atoms with Crippen LogP contribution in [-0.2, 0) is 13.0 Å². The Labute approximate surface area is 143 Å². The summed E-state index contributed by atoms with van der Waals surface area (Å²) < 4.78 is 16.0. The molecule has 2 aromatic carbocycles. The van der Waals surface area contributed by atoms with Crippen LogP contribution in [0.15, 0.2) is 36.4 Å². The lowest BCUT2D eigenvalue weighted by Gasteiger charge is -2.11. The van der Waals surface area contributed by atoms with Gasteiger partial charge in [-0.25, -0.2) is 0 Å². The van der Waals surface area contributed by atoms with E-state index in [9.17, 15) is 5.11 Å². The van der Waals surface area contributed by atoms with Gasteiger partial charge in [-0.3, -0.25) is 0 Å². The van der Waals surface area contributed by atoms with Crippen molar-refractivity contribution >= 4 is 0 Å². The Morgan fingerprint density at radius 3 is 2.33 bits per heavy atom. The quantitative estimate of drug-likeness (QED) is 0.691. The highest BCUT2D eigenvalue weighted by atomic mass is 16.5. The number of nitrogens with one attached hydrogen (secondary N) is 1. The number of aromatic hydroxyl groups is 1. The predicted octanol–water partition coefficient (Wildman–Crippen LogP) is 3.14. The minimum Gasteiger partial charge on any atom is -0.504 e. The summed E-state index contributed by atoms with van der Waals surface area (Å²) in [5, 5.41) is 13.1. The Morgan fingerprint density at radius 1 is 0.917 bits per heavy atom. The zero-order chi connectivity index (χ0) is 17.4. The molecule has 0 saturated heterocycles. The number of phenolic OH excluding ortho intramolecular Hbond substituents is 1. The minimum atomic E-state index is 0.172. The van der Waals surface area contributed by atoms with Crippen molar-refractivity contribution in [1.29, 1.82) is 0 Å². The summed E-state index contributed by atoms with van der Waals surface area (Å²) in [5.74, 6) is 2.18. The lowest BCUT2D eigenvalue weighted by Crippen LogP contribution is -2.16. The topological polar surface area (TPSA) is 60.0 Å². The van der Waals surface area contributed by atoms with E-state index in [1.165, 1.54) is 5.56 Å². The van der Waals surface area contributed by atoms with E-state index in [-0.39, 0.29) is 5.75 Å². The van der Waals surface area contributed by atoms with Crippen molar-refractivity contribution in [3.8, 4) is 23.0 Å². The van der Waals surface area contributed by atoms with E-state index in [0.717, 1.165) is 30.0 Å². The summed E-state index contributed by atoms with van der Waals surface area (Å²) in [6, 6.07) is 11.4. The number of hydrogen-bond acceptors (Lipinski definition) is 5. The molecular weight excluding hydrogens is 306 g/mol. The number of benzene rings is 2. The number of ether oxygens (including phenoxy) is 3. The van der Waals surface area contributed by atoms with Crippen molar-refractivity contribution in [3.63, 3.8) is 0 Å². The lowest BCUT2D eigenvalue weighted by molar-refractivity contribution is 0.317. The molecule has 5 nitrogen and oxygen atoms in total. The van der Waals surface area contributed by atoms with Crippen LogP contribution < -0.4 is 19.5 Å². The Hall–Kier alpha value is -2.40. The van der Waals surface area contributed by atoms with Crippen molar-refractivity contribution in [2.24, 2.45) is 0 Å². The highest BCUT2D eigenvalue weighted by Gasteiger charge is 2.05. The molecule has 0 unspecified atom stereocenters. The second kappa shape index (κ2) is 9.03. The molecule has 0 aliphatic heterocycles.